The molecule has 3 heterocycles. The highest BCUT2D eigenvalue weighted by atomic mass is 79.9. The zero-order chi connectivity index (χ0) is 26.1. The smallest absolute Gasteiger partial charge is 0.352 e. The molecule has 0 saturated heterocycles. The van der Waals surface area contributed by atoms with Crippen molar-refractivity contribution in [1.29, 1.82) is 0 Å². The summed E-state index contributed by atoms with van der Waals surface area (Å²) in [5.41, 5.74) is 8.07. The highest BCUT2D eigenvalue weighted by Gasteiger charge is 2.13. The summed E-state index contributed by atoms with van der Waals surface area (Å²) < 4.78 is 5.21. The minimum Gasteiger partial charge on any atom is -1.00 e. The van der Waals surface area contributed by atoms with Crippen LogP contribution in [0.3, 0.4) is 0 Å². The average Bonchev–Trinajstić information content (AvgIpc) is 3.51. The number of rotatable bonds is 4. The van der Waals surface area contributed by atoms with Gasteiger partial charge in [-0.25, -0.2) is 9.55 Å². The number of aromatic amines is 1. The van der Waals surface area contributed by atoms with E-state index in [1.54, 1.807) is 22.4 Å². The van der Waals surface area contributed by atoms with Crippen LogP contribution < -0.4 is 32.8 Å². The second kappa shape index (κ2) is 14.0. The van der Waals surface area contributed by atoms with Crippen molar-refractivity contribution in [3.63, 3.8) is 0 Å². The largest absolute Gasteiger partial charge is 1.00 e. The average molecular weight is 630 g/mol. The van der Waals surface area contributed by atoms with Gasteiger partial charge in [0.25, 0.3) is 5.91 Å². The molecular weight excluding hydrogens is 604 g/mol. The van der Waals surface area contributed by atoms with Crippen LogP contribution in [-0.4, -0.2) is 36.0 Å². The predicted molar refractivity (Wildman–Crippen MR) is 141 cm³/mol. The number of carbonyl (C=O) groups is 2. The highest BCUT2D eigenvalue weighted by molar-refractivity contribution is 9.09. The van der Waals surface area contributed by atoms with Crippen LogP contribution in [0.15, 0.2) is 96.4 Å². The number of ketones is 1. The van der Waals surface area contributed by atoms with E-state index in [9.17, 15) is 14.4 Å². The van der Waals surface area contributed by atoms with Crippen LogP contribution in [0.25, 0.3) is 16.9 Å². The Balaban J connectivity index is 0.000000208. The summed E-state index contributed by atoms with van der Waals surface area (Å²) in [6.45, 7) is 0. The third-order valence-electron chi connectivity index (χ3n) is 5.09. The van der Waals surface area contributed by atoms with E-state index in [-0.39, 0.29) is 34.1 Å². The summed E-state index contributed by atoms with van der Waals surface area (Å²) in [5.74, 6) is -0.0851. The van der Waals surface area contributed by atoms with Crippen LogP contribution in [0.1, 0.15) is 21.0 Å². The Kier molecular flexibility index (Phi) is 11.2. The van der Waals surface area contributed by atoms with Gasteiger partial charge in [-0.2, -0.15) is 4.40 Å². The molecule has 9 nitrogen and oxygen atoms in total. The van der Waals surface area contributed by atoms with Crippen LogP contribution in [-0.2, 0) is 14.1 Å². The quantitative estimate of drug-likeness (QED) is 0.164. The van der Waals surface area contributed by atoms with Gasteiger partial charge in [-0.1, -0.05) is 76.6 Å². The van der Waals surface area contributed by atoms with E-state index in [0.717, 1.165) is 16.8 Å². The fraction of sp³-hybridized carbons (Fsp3) is 0.115. The lowest BCUT2D eigenvalue weighted by Gasteiger charge is -1.99. The lowest BCUT2D eigenvalue weighted by molar-refractivity contribution is -0.645. The normalized spacial score (nSPS) is 9.81. The van der Waals surface area contributed by atoms with Gasteiger partial charge in [-0.05, 0) is 0 Å². The van der Waals surface area contributed by atoms with Gasteiger partial charge in [0, 0.05) is 30.6 Å². The number of aryl methyl sites for hydroxylation is 2. The molecule has 0 fully saturated rings. The van der Waals surface area contributed by atoms with Gasteiger partial charge >= 0.3 is 11.2 Å². The number of hydrogen-bond acceptors (Lipinski definition) is 4. The number of primary amides is 1. The van der Waals surface area contributed by atoms with Crippen molar-refractivity contribution in [3.8, 4) is 11.3 Å². The predicted octanol–water partition coefficient (Wildman–Crippen LogP) is -0.0937. The molecule has 0 saturated carbocycles. The number of nitrogens with one attached hydrogen (secondary N) is 1. The third-order valence-corrected chi connectivity index (χ3v) is 5.60. The standard InChI is InChI=1S/C13H11N3O.C8H7BrO.C5H7N3O.BrH/c1-15-7-8-16-9-11(14-12(17)13(15)16)10-5-3-2-4-6-10;9-6-8(10)7-4-2-1-3-5-7;1-8-3-2-7-5(8)4(6)9;/h2-9H,1H3;1-5H,6H2;2-3H,1H3,(H2,6,9);1H. The lowest BCUT2D eigenvalue weighted by Crippen LogP contribution is -3.00. The molecule has 37 heavy (non-hydrogen) atoms. The fourth-order valence-corrected chi connectivity index (χ4v) is 3.62. The third kappa shape index (κ3) is 7.83. The second-order valence-corrected chi connectivity index (χ2v) is 8.21. The number of benzene rings is 2. The van der Waals surface area contributed by atoms with E-state index in [2.05, 4.69) is 25.9 Å². The molecule has 5 aromatic rings. The lowest BCUT2D eigenvalue weighted by atomic mass is 10.2. The molecule has 0 bridgehead atoms. The Bertz CT molecular complexity index is 1510. The van der Waals surface area contributed by atoms with Crippen LogP contribution in [0.4, 0.5) is 0 Å². The summed E-state index contributed by atoms with van der Waals surface area (Å²) in [6, 6.07) is 19.0. The van der Waals surface area contributed by atoms with Gasteiger partial charge in [0.05, 0.1) is 18.1 Å². The van der Waals surface area contributed by atoms with Gasteiger partial charge in [0.1, 0.15) is 18.6 Å². The van der Waals surface area contributed by atoms with Gasteiger partial charge in [-0.15, -0.1) is 0 Å². The van der Waals surface area contributed by atoms with Gasteiger partial charge in [0.15, 0.2) is 11.6 Å². The number of carbonyl (C=O) groups excluding carboxylic acids is 2. The molecule has 0 aliphatic heterocycles. The molecule has 11 heteroatoms. The molecule has 3 aromatic heterocycles. The summed E-state index contributed by atoms with van der Waals surface area (Å²) in [7, 11) is 3.57. The van der Waals surface area contributed by atoms with E-state index in [4.69, 9.17) is 5.73 Å². The topological polar surface area (TPSA) is 119 Å². The molecule has 0 unspecified atom stereocenters. The summed E-state index contributed by atoms with van der Waals surface area (Å²) >= 11 is 3.10. The molecule has 2 aromatic carbocycles. The monoisotopic (exact) mass is 628 g/mol. The number of amides is 1. The first-order valence-electron chi connectivity index (χ1n) is 10.9. The fourth-order valence-electron chi connectivity index (χ4n) is 3.29. The van der Waals surface area contributed by atoms with Crippen LogP contribution in [0, 0.1) is 0 Å². The van der Waals surface area contributed by atoms with Gasteiger partial charge in [0.2, 0.25) is 0 Å². The van der Waals surface area contributed by atoms with Crippen molar-refractivity contribution in [1.82, 2.24) is 18.9 Å². The molecule has 192 valence electrons. The van der Waals surface area contributed by atoms with Crippen molar-refractivity contribution >= 4 is 33.3 Å². The van der Waals surface area contributed by atoms with Crippen LogP contribution in [0.2, 0.25) is 0 Å². The molecule has 0 radical (unpaired) electrons. The Morgan fingerprint density at radius 2 is 1.68 bits per heavy atom. The molecule has 0 spiro atoms. The number of imidazole rings is 2. The number of fused-ring (bicyclic) bond motifs is 1. The molecule has 3 N–H and O–H groups in total. The Morgan fingerprint density at radius 3 is 2.19 bits per heavy atom. The Morgan fingerprint density at radius 1 is 1.05 bits per heavy atom. The molecule has 0 aliphatic rings. The van der Waals surface area contributed by atoms with E-state index >= 15 is 0 Å². The van der Waals surface area contributed by atoms with Crippen molar-refractivity contribution in [2.75, 3.05) is 5.33 Å². The second-order valence-electron chi connectivity index (χ2n) is 7.65. The molecule has 1 amide bonds. The first-order valence-corrected chi connectivity index (χ1v) is 12.0. The Labute approximate surface area is 232 Å². The SMILES string of the molecule is C[n+]1ccn2cc(-c3ccccc3)[nH]c(=O)c21.Cn1ccnc1C(N)=O.O=C(CBr)c1ccccc1.[Br-]. The van der Waals surface area contributed by atoms with Crippen LogP contribution in [0.5, 0.6) is 0 Å². The Hall–Kier alpha value is -3.83. The van der Waals surface area contributed by atoms with E-state index in [1.165, 1.54) is 6.20 Å². The van der Waals surface area contributed by atoms with Crippen molar-refractivity contribution in [2.24, 2.45) is 19.8 Å². The number of Topliss-reactive ketones (excluding diaryl/α,β-unsaturated/α-hetero) is 1. The number of alkyl halides is 1. The van der Waals surface area contributed by atoms with Crippen molar-refractivity contribution in [2.45, 2.75) is 0 Å². The minimum atomic E-state index is -0.498. The van der Waals surface area contributed by atoms with Crippen LogP contribution >= 0.6 is 15.9 Å². The molecule has 0 atom stereocenters. The molecule has 0 aliphatic carbocycles. The summed E-state index contributed by atoms with van der Waals surface area (Å²) in [5, 5.41) is 0.400. The summed E-state index contributed by atoms with van der Waals surface area (Å²) in [6.07, 6.45) is 8.85. The number of H-pyrrole nitrogens is 1. The zero-order valence-electron chi connectivity index (χ0n) is 20.2. The maximum atomic E-state index is 12.0. The molecule has 5 rings (SSSR count). The minimum absolute atomic E-state index is 0. The van der Waals surface area contributed by atoms with Gasteiger partial charge in [-0.3, -0.25) is 14.4 Å². The number of hydrogen-bond donors (Lipinski definition) is 2. The first kappa shape index (κ1) is 29.4. The number of nitrogens with zero attached hydrogens (tertiary/aromatic N) is 4. The van der Waals surface area contributed by atoms with E-state index in [1.807, 2.05) is 90.7 Å². The van der Waals surface area contributed by atoms with E-state index < -0.39 is 5.91 Å². The maximum absolute atomic E-state index is 12.0. The number of aromatic nitrogens is 5. The first-order chi connectivity index (χ1) is 17.3. The molecular formula is C26H26Br2N6O3. The zero-order valence-corrected chi connectivity index (χ0v) is 23.4. The number of nitrogens with two attached hydrogens (primary N) is 1. The summed E-state index contributed by atoms with van der Waals surface area (Å²) in [4.78, 5) is 39.9. The van der Waals surface area contributed by atoms with Crippen molar-refractivity contribution < 1.29 is 31.1 Å². The van der Waals surface area contributed by atoms with E-state index in [0.29, 0.717) is 11.0 Å². The highest BCUT2D eigenvalue weighted by Crippen LogP contribution is 2.14. The maximum Gasteiger partial charge on any atom is 0.352 e. The number of halogens is 2. The van der Waals surface area contributed by atoms with Gasteiger partial charge < -0.3 is 32.3 Å². The van der Waals surface area contributed by atoms with Crippen molar-refractivity contribution in [3.05, 3.63) is 113 Å².